The van der Waals surface area contributed by atoms with E-state index in [4.69, 9.17) is 10.3 Å². The van der Waals surface area contributed by atoms with Gasteiger partial charge in [-0.2, -0.15) is 4.98 Å². The van der Waals surface area contributed by atoms with Crippen LogP contribution in [0.1, 0.15) is 43.2 Å². The SMILES string of the molecule is NC(=O)C1CCN(c2cc(-c3noc(C4CCCN4Cc4cccc(OC(F)(F)F)c4)n3)ccn2)CC1. The number of halogens is 3. The predicted molar refractivity (Wildman–Crippen MR) is 127 cm³/mol. The summed E-state index contributed by atoms with van der Waals surface area (Å²) >= 11 is 0. The van der Waals surface area contributed by atoms with Crippen LogP contribution in [0.5, 0.6) is 5.75 Å². The molecule has 2 saturated heterocycles. The number of ether oxygens (including phenoxy) is 1. The van der Waals surface area contributed by atoms with E-state index in [0.717, 1.165) is 30.8 Å². The van der Waals surface area contributed by atoms with E-state index < -0.39 is 6.36 Å². The number of piperidine rings is 1. The first-order chi connectivity index (χ1) is 17.7. The predicted octanol–water partition coefficient (Wildman–Crippen LogP) is 4.07. The fourth-order valence-electron chi connectivity index (χ4n) is 4.98. The lowest BCUT2D eigenvalue weighted by molar-refractivity contribution is -0.274. The average Bonchev–Trinajstić information content (AvgIpc) is 3.53. The normalized spacial score (nSPS) is 19.3. The lowest BCUT2D eigenvalue weighted by Crippen LogP contribution is -2.38. The summed E-state index contributed by atoms with van der Waals surface area (Å²) in [5, 5.41) is 4.18. The number of amides is 1. The van der Waals surface area contributed by atoms with Gasteiger partial charge in [0, 0.05) is 37.3 Å². The second-order valence-corrected chi connectivity index (χ2v) is 9.35. The van der Waals surface area contributed by atoms with E-state index in [9.17, 15) is 18.0 Å². The number of hydrogen-bond acceptors (Lipinski definition) is 8. The third-order valence-corrected chi connectivity index (χ3v) is 6.83. The van der Waals surface area contributed by atoms with E-state index in [2.05, 4.69) is 29.7 Å². The highest BCUT2D eigenvalue weighted by molar-refractivity contribution is 5.77. The summed E-state index contributed by atoms with van der Waals surface area (Å²) < 4.78 is 47.5. The number of pyridine rings is 1. The first-order valence-corrected chi connectivity index (χ1v) is 12.2. The number of aromatic nitrogens is 3. The zero-order valence-electron chi connectivity index (χ0n) is 20.0. The molecule has 2 fully saturated rings. The third-order valence-electron chi connectivity index (χ3n) is 6.83. The standard InChI is InChI=1S/C25H27F3N6O3/c26-25(27,28)36-19-4-1-3-16(13-19)15-34-10-2-5-20(34)24-31-23(32-37-24)18-6-9-30-21(14-18)33-11-7-17(8-12-33)22(29)35/h1,3-4,6,9,13-14,17,20H,2,5,7-8,10-12,15H2,(H2,29,35). The number of anilines is 1. The molecular formula is C25H27F3N6O3. The number of benzene rings is 1. The Morgan fingerprint density at radius 3 is 2.70 bits per heavy atom. The van der Waals surface area contributed by atoms with E-state index in [1.54, 1.807) is 18.3 Å². The van der Waals surface area contributed by atoms with Gasteiger partial charge in [-0.1, -0.05) is 17.3 Å². The molecule has 2 aliphatic heterocycles. The molecule has 196 valence electrons. The Balaban J connectivity index is 1.27. The zero-order valence-corrected chi connectivity index (χ0v) is 20.0. The average molecular weight is 517 g/mol. The topological polar surface area (TPSA) is 111 Å². The van der Waals surface area contributed by atoms with E-state index in [1.807, 2.05) is 12.1 Å². The first kappa shape index (κ1) is 25.0. The summed E-state index contributed by atoms with van der Waals surface area (Å²) in [6.07, 6.45) is 0.0474. The van der Waals surface area contributed by atoms with Gasteiger partial charge in [0.2, 0.25) is 17.6 Å². The Hall–Kier alpha value is -3.67. The number of primary amides is 1. The van der Waals surface area contributed by atoms with Crippen molar-refractivity contribution in [3.63, 3.8) is 0 Å². The number of nitrogens with zero attached hydrogens (tertiary/aromatic N) is 5. The molecule has 2 N–H and O–H groups in total. The van der Waals surface area contributed by atoms with Crippen LogP contribution in [-0.4, -0.2) is 51.9 Å². The summed E-state index contributed by atoms with van der Waals surface area (Å²) in [5.74, 6) is 1.08. The number of carbonyl (C=O) groups excluding carboxylic acids is 1. The molecule has 3 aromatic rings. The molecule has 0 radical (unpaired) electrons. The minimum atomic E-state index is -4.73. The van der Waals surface area contributed by atoms with Crippen LogP contribution in [-0.2, 0) is 11.3 Å². The van der Waals surface area contributed by atoms with Crippen molar-refractivity contribution in [2.75, 3.05) is 24.5 Å². The minimum absolute atomic E-state index is 0.104. The second-order valence-electron chi connectivity index (χ2n) is 9.35. The van der Waals surface area contributed by atoms with Crippen molar-refractivity contribution in [3.05, 3.63) is 54.0 Å². The molecule has 0 bridgehead atoms. The van der Waals surface area contributed by atoms with Gasteiger partial charge in [0.15, 0.2) is 0 Å². The first-order valence-electron chi connectivity index (χ1n) is 12.2. The van der Waals surface area contributed by atoms with Crippen LogP contribution in [0.4, 0.5) is 19.0 Å². The van der Waals surface area contributed by atoms with Crippen LogP contribution in [0.2, 0.25) is 0 Å². The summed E-state index contributed by atoms with van der Waals surface area (Å²) in [7, 11) is 0. The Morgan fingerprint density at radius 2 is 1.95 bits per heavy atom. The van der Waals surface area contributed by atoms with Gasteiger partial charge in [-0.15, -0.1) is 13.2 Å². The molecule has 12 heteroatoms. The van der Waals surface area contributed by atoms with Crippen LogP contribution in [0.25, 0.3) is 11.4 Å². The molecule has 1 atom stereocenters. The fourth-order valence-corrected chi connectivity index (χ4v) is 4.98. The molecule has 0 saturated carbocycles. The molecule has 5 rings (SSSR count). The zero-order chi connectivity index (χ0) is 26.0. The fraction of sp³-hybridized carbons (Fsp3) is 0.440. The minimum Gasteiger partial charge on any atom is -0.406 e. The molecule has 0 spiro atoms. The molecule has 2 aromatic heterocycles. The van der Waals surface area contributed by atoms with E-state index in [-0.39, 0.29) is 23.6 Å². The molecule has 2 aliphatic rings. The van der Waals surface area contributed by atoms with E-state index in [1.165, 1.54) is 12.1 Å². The Kier molecular flexibility index (Phi) is 7.00. The van der Waals surface area contributed by atoms with Crippen molar-refractivity contribution in [3.8, 4) is 17.1 Å². The van der Waals surface area contributed by atoms with Gasteiger partial charge in [0.1, 0.15) is 11.6 Å². The molecule has 4 heterocycles. The van der Waals surface area contributed by atoms with Crippen molar-refractivity contribution in [2.24, 2.45) is 11.7 Å². The van der Waals surface area contributed by atoms with Gasteiger partial charge in [0.25, 0.3) is 0 Å². The van der Waals surface area contributed by atoms with Crippen molar-refractivity contribution in [1.82, 2.24) is 20.0 Å². The molecule has 9 nitrogen and oxygen atoms in total. The number of alkyl halides is 3. The van der Waals surface area contributed by atoms with Gasteiger partial charge in [0.05, 0.1) is 6.04 Å². The van der Waals surface area contributed by atoms with Crippen molar-refractivity contribution < 1.29 is 27.2 Å². The quantitative estimate of drug-likeness (QED) is 0.501. The molecule has 1 amide bonds. The highest BCUT2D eigenvalue weighted by Crippen LogP contribution is 2.34. The van der Waals surface area contributed by atoms with Gasteiger partial charge in [-0.3, -0.25) is 9.69 Å². The second kappa shape index (κ2) is 10.4. The number of rotatable bonds is 7. The number of hydrogen-bond donors (Lipinski definition) is 1. The molecule has 0 aliphatic carbocycles. The maximum Gasteiger partial charge on any atom is 0.573 e. The van der Waals surface area contributed by atoms with Crippen molar-refractivity contribution >= 4 is 11.7 Å². The van der Waals surface area contributed by atoms with Crippen LogP contribution in [0, 0.1) is 5.92 Å². The summed E-state index contributed by atoms with van der Waals surface area (Å²) in [6, 6.07) is 9.57. The number of likely N-dealkylation sites (tertiary alicyclic amines) is 1. The lowest BCUT2D eigenvalue weighted by atomic mass is 9.96. The van der Waals surface area contributed by atoms with Crippen molar-refractivity contribution in [1.29, 1.82) is 0 Å². The molecular weight excluding hydrogens is 489 g/mol. The Morgan fingerprint density at radius 1 is 1.14 bits per heavy atom. The largest absolute Gasteiger partial charge is 0.573 e. The molecule has 1 aromatic carbocycles. The van der Waals surface area contributed by atoms with Crippen molar-refractivity contribution in [2.45, 2.75) is 44.6 Å². The van der Waals surface area contributed by atoms with Crippen LogP contribution in [0.15, 0.2) is 47.1 Å². The lowest BCUT2D eigenvalue weighted by Gasteiger charge is -2.31. The summed E-state index contributed by atoms with van der Waals surface area (Å²) in [4.78, 5) is 24.8. The van der Waals surface area contributed by atoms with Gasteiger partial charge in [-0.25, -0.2) is 4.98 Å². The number of nitrogens with two attached hydrogens (primary N) is 1. The van der Waals surface area contributed by atoms with E-state index >= 15 is 0 Å². The van der Waals surface area contributed by atoms with Crippen LogP contribution in [0.3, 0.4) is 0 Å². The highest BCUT2D eigenvalue weighted by atomic mass is 19.4. The summed E-state index contributed by atoms with van der Waals surface area (Å²) in [6.45, 7) is 2.56. The highest BCUT2D eigenvalue weighted by Gasteiger charge is 2.33. The van der Waals surface area contributed by atoms with Gasteiger partial charge < -0.3 is 19.9 Å². The van der Waals surface area contributed by atoms with Crippen LogP contribution < -0.4 is 15.4 Å². The monoisotopic (exact) mass is 516 g/mol. The van der Waals surface area contributed by atoms with Gasteiger partial charge in [-0.05, 0) is 62.1 Å². The Labute approximate surface area is 211 Å². The Bertz CT molecular complexity index is 1240. The molecule has 1 unspecified atom stereocenters. The molecule has 37 heavy (non-hydrogen) atoms. The van der Waals surface area contributed by atoms with Crippen LogP contribution >= 0.6 is 0 Å². The number of carbonyl (C=O) groups is 1. The van der Waals surface area contributed by atoms with Gasteiger partial charge >= 0.3 is 6.36 Å². The van der Waals surface area contributed by atoms with E-state index in [0.29, 0.717) is 49.8 Å². The maximum atomic E-state index is 12.6. The smallest absolute Gasteiger partial charge is 0.406 e. The summed E-state index contributed by atoms with van der Waals surface area (Å²) in [5.41, 5.74) is 6.90. The third kappa shape index (κ3) is 6.01. The maximum absolute atomic E-state index is 12.6.